The number of carbonyl (C=O) groups is 2. The van der Waals surface area contributed by atoms with Gasteiger partial charge in [-0.15, -0.1) is 11.3 Å². The molecule has 3 aromatic rings. The summed E-state index contributed by atoms with van der Waals surface area (Å²) >= 11 is 1.17. The highest BCUT2D eigenvalue weighted by molar-refractivity contribution is 7.16. The first-order valence-electron chi connectivity index (χ1n) is 8.08. The van der Waals surface area contributed by atoms with Crippen LogP contribution >= 0.6 is 11.3 Å². The Labute approximate surface area is 157 Å². The van der Waals surface area contributed by atoms with Crippen LogP contribution in [0, 0.1) is 0 Å². The first-order chi connectivity index (χ1) is 13.0. The van der Waals surface area contributed by atoms with Gasteiger partial charge in [-0.05, 0) is 24.6 Å². The summed E-state index contributed by atoms with van der Waals surface area (Å²) in [5.74, 6) is -1.42. The molecular weight excluding hydrogens is 372 g/mol. The van der Waals surface area contributed by atoms with Crippen molar-refractivity contribution in [2.24, 2.45) is 0 Å². The normalized spacial score (nSPS) is 10.7. The summed E-state index contributed by atoms with van der Waals surface area (Å²) in [5.41, 5.74) is 1.02. The number of aromatic nitrogens is 2. The predicted octanol–water partition coefficient (Wildman–Crippen LogP) is 2.01. The first kappa shape index (κ1) is 18.7. The fraction of sp³-hybridized carbons (Fsp3) is 0.222. The number of rotatable bonds is 6. The summed E-state index contributed by atoms with van der Waals surface area (Å²) in [4.78, 5) is 43.0. The minimum atomic E-state index is -0.704. The Bertz CT molecular complexity index is 1040. The van der Waals surface area contributed by atoms with Gasteiger partial charge in [-0.2, -0.15) is 0 Å². The number of nitrogens with zero attached hydrogens (tertiary/aromatic N) is 1. The third-order valence-electron chi connectivity index (χ3n) is 3.72. The van der Waals surface area contributed by atoms with Crippen molar-refractivity contribution < 1.29 is 24.2 Å². The number of H-pyrrole nitrogens is 1. The van der Waals surface area contributed by atoms with Crippen molar-refractivity contribution >= 4 is 33.5 Å². The van der Waals surface area contributed by atoms with Crippen LogP contribution in [0.3, 0.4) is 0 Å². The average molecular weight is 388 g/mol. The van der Waals surface area contributed by atoms with Crippen molar-refractivity contribution in [1.29, 1.82) is 0 Å². The number of esters is 2. The summed E-state index contributed by atoms with van der Waals surface area (Å²) in [6, 6.07) is 6.36. The van der Waals surface area contributed by atoms with Gasteiger partial charge >= 0.3 is 11.9 Å². The van der Waals surface area contributed by atoms with Crippen LogP contribution in [-0.4, -0.2) is 33.6 Å². The highest BCUT2D eigenvalue weighted by Crippen LogP contribution is 2.22. The Kier molecular flexibility index (Phi) is 5.63. The van der Waals surface area contributed by atoms with E-state index in [1.807, 2.05) is 0 Å². The van der Waals surface area contributed by atoms with E-state index in [1.165, 1.54) is 11.3 Å². The molecule has 1 aromatic carbocycles. The van der Waals surface area contributed by atoms with Gasteiger partial charge in [0.15, 0.2) is 0 Å². The zero-order valence-corrected chi connectivity index (χ0v) is 15.2. The van der Waals surface area contributed by atoms with Crippen molar-refractivity contribution in [2.45, 2.75) is 20.1 Å². The number of fused-ring (bicyclic) bond motifs is 1. The van der Waals surface area contributed by atoms with Crippen LogP contribution in [0.25, 0.3) is 10.2 Å². The second-order valence-corrected chi connectivity index (χ2v) is 6.37. The van der Waals surface area contributed by atoms with Crippen LogP contribution in [0.2, 0.25) is 0 Å². The molecule has 2 N–H and O–H groups in total. The highest BCUT2D eigenvalue weighted by Gasteiger charge is 2.17. The molecule has 0 atom stereocenters. The number of ether oxygens (including phenoxy) is 2. The second kappa shape index (κ2) is 8.11. The van der Waals surface area contributed by atoms with Crippen molar-refractivity contribution in [2.75, 3.05) is 6.61 Å². The standard InChI is InChI=1S/C18H16N2O6S/c1-2-25-18(24)14-19-15(22)13-12(9-27-16(13)20-14)8-26-17(23)11-5-3-10(7-21)4-6-11/h3-6,9,21H,2,7-8H2,1H3,(H,19,20,22). The maximum absolute atomic E-state index is 12.3. The Balaban J connectivity index is 1.78. The Morgan fingerprint density at radius 3 is 2.59 bits per heavy atom. The molecule has 0 aliphatic carbocycles. The fourth-order valence-electron chi connectivity index (χ4n) is 2.38. The number of nitrogens with one attached hydrogen (secondary N) is 1. The molecule has 8 nitrogen and oxygen atoms in total. The number of aliphatic hydroxyl groups is 1. The number of aromatic amines is 1. The quantitative estimate of drug-likeness (QED) is 0.620. The third-order valence-corrected chi connectivity index (χ3v) is 4.64. The van der Waals surface area contributed by atoms with Gasteiger partial charge in [-0.1, -0.05) is 12.1 Å². The van der Waals surface area contributed by atoms with Gasteiger partial charge in [0.25, 0.3) is 5.56 Å². The number of carbonyl (C=O) groups excluding carboxylic acids is 2. The van der Waals surface area contributed by atoms with E-state index in [0.717, 1.165) is 0 Å². The summed E-state index contributed by atoms with van der Waals surface area (Å²) in [6.07, 6.45) is 0. The minimum Gasteiger partial charge on any atom is -0.460 e. The van der Waals surface area contributed by atoms with Gasteiger partial charge in [0.1, 0.15) is 11.4 Å². The fourth-order valence-corrected chi connectivity index (χ4v) is 3.31. The lowest BCUT2D eigenvalue weighted by Gasteiger charge is -2.05. The maximum atomic E-state index is 12.3. The second-order valence-electron chi connectivity index (χ2n) is 5.51. The van der Waals surface area contributed by atoms with Crippen LogP contribution in [0.15, 0.2) is 34.4 Å². The predicted molar refractivity (Wildman–Crippen MR) is 97.7 cm³/mol. The van der Waals surface area contributed by atoms with E-state index < -0.39 is 17.5 Å². The van der Waals surface area contributed by atoms with Crippen molar-refractivity contribution in [3.8, 4) is 0 Å². The molecule has 3 rings (SSSR count). The molecule has 0 aliphatic rings. The summed E-state index contributed by atoms with van der Waals surface area (Å²) in [5, 5.41) is 11.0. The number of benzene rings is 1. The third kappa shape index (κ3) is 4.04. The largest absolute Gasteiger partial charge is 0.460 e. The molecule has 0 amide bonds. The molecule has 0 bridgehead atoms. The summed E-state index contributed by atoms with van der Waals surface area (Å²) in [6.45, 7) is 1.61. The topological polar surface area (TPSA) is 119 Å². The molecule has 0 unspecified atom stereocenters. The Morgan fingerprint density at radius 1 is 1.19 bits per heavy atom. The lowest BCUT2D eigenvalue weighted by Crippen LogP contribution is -2.18. The van der Waals surface area contributed by atoms with Gasteiger partial charge in [-0.3, -0.25) is 4.79 Å². The van der Waals surface area contributed by atoms with E-state index >= 15 is 0 Å². The Hall–Kier alpha value is -3.04. The average Bonchev–Trinajstić information content (AvgIpc) is 3.10. The van der Waals surface area contributed by atoms with Crippen LogP contribution in [-0.2, 0) is 22.7 Å². The molecule has 0 radical (unpaired) electrons. The van der Waals surface area contributed by atoms with E-state index in [0.29, 0.717) is 21.5 Å². The van der Waals surface area contributed by atoms with E-state index in [1.54, 1.807) is 36.6 Å². The van der Waals surface area contributed by atoms with Crippen LogP contribution in [0.5, 0.6) is 0 Å². The van der Waals surface area contributed by atoms with Gasteiger partial charge in [0.2, 0.25) is 5.82 Å². The molecule has 0 saturated carbocycles. The lowest BCUT2D eigenvalue weighted by atomic mass is 10.1. The van der Waals surface area contributed by atoms with Gasteiger partial charge < -0.3 is 19.6 Å². The Morgan fingerprint density at radius 2 is 1.93 bits per heavy atom. The molecular formula is C18H16N2O6S. The first-order valence-corrected chi connectivity index (χ1v) is 8.96. The van der Waals surface area contributed by atoms with Gasteiger partial charge in [0, 0.05) is 10.9 Å². The van der Waals surface area contributed by atoms with Crippen LogP contribution in [0.1, 0.15) is 39.0 Å². The number of hydrogen-bond donors (Lipinski definition) is 2. The van der Waals surface area contributed by atoms with E-state index in [4.69, 9.17) is 14.6 Å². The zero-order valence-electron chi connectivity index (χ0n) is 14.4. The molecule has 140 valence electrons. The van der Waals surface area contributed by atoms with Gasteiger partial charge in [-0.25, -0.2) is 14.6 Å². The van der Waals surface area contributed by atoms with E-state index in [-0.39, 0.29) is 31.0 Å². The van der Waals surface area contributed by atoms with Gasteiger partial charge in [0.05, 0.1) is 24.2 Å². The monoisotopic (exact) mass is 388 g/mol. The molecule has 9 heteroatoms. The number of hydrogen-bond acceptors (Lipinski definition) is 8. The molecule has 0 aliphatic heterocycles. The van der Waals surface area contributed by atoms with Crippen molar-refractivity contribution in [1.82, 2.24) is 9.97 Å². The summed E-state index contributed by atoms with van der Waals surface area (Å²) in [7, 11) is 0. The molecule has 27 heavy (non-hydrogen) atoms. The molecule has 0 saturated heterocycles. The lowest BCUT2D eigenvalue weighted by molar-refractivity contribution is 0.0473. The smallest absolute Gasteiger partial charge is 0.374 e. The molecule has 2 aromatic heterocycles. The molecule has 0 spiro atoms. The van der Waals surface area contributed by atoms with Crippen molar-refractivity contribution in [3.05, 3.63) is 62.5 Å². The molecule has 0 fully saturated rings. The zero-order chi connectivity index (χ0) is 19.4. The number of aliphatic hydroxyl groups excluding tert-OH is 1. The van der Waals surface area contributed by atoms with Crippen molar-refractivity contribution in [3.63, 3.8) is 0 Å². The van der Waals surface area contributed by atoms with Crippen LogP contribution in [0.4, 0.5) is 0 Å². The molecule has 2 heterocycles. The number of thiophene rings is 1. The van der Waals surface area contributed by atoms with E-state index in [9.17, 15) is 14.4 Å². The SMILES string of the molecule is CCOC(=O)c1nc2scc(COC(=O)c3ccc(CO)cc3)c2c(=O)[nH]1. The minimum absolute atomic E-state index is 0.107. The van der Waals surface area contributed by atoms with E-state index in [2.05, 4.69) is 9.97 Å². The van der Waals surface area contributed by atoms with Crippen LogP contribution < -0.4 is 5.56 Å². The summed E-state index contributed by atoms with van der Waals surface area (Å²) < 4.78 is 10.1. The maximum Gasteiger partial charge on any atom is 0.374 e. The highest BCUT2D eigenvalue weighted by atomic mass is 32.1.